The second-order valence-electron chi connectivity index (χ2n) is 7.11. The van der Waals surface area contributed by atoms with E-state index in [9.17, 15) is 14.9 Å². The van der Waals surface area contributed by atoms with Crippen LogP contribution >= 0.6 is 11.8 Å². The van der Waals surface area contributed by atoms with Crippen LogP contribution in [0.3, 0.4) is 0 Å². The second-order valence-corrected chi connectivity index (χ2v) is 8.10. The number of hydrogen-bond acceptors (Lipinski definition) is 7. The van der Waals surface area contributed by atoms with Gasteiger partial charge in [0, 0.05) is 11.4 Å². The van der Waals surface area contributed by atoms with Crippen molar-refractivity contribution in [3.8, 4) is 6.07 Å². The molecule has 0 radical (unpaired) electrons. The average molecular weight is 438 g/mol. The molecule has 1 aliphatic rings. The summed E-state index contributed by atoms with van der Waals surface area (Å²) in [7, 11) is 0. The highest BCUT2D eigenvalue weighted by Crippen LogP contribution is 2.41. The molecule has 2 heterocycles. The second kappa shape index (κ2) is 10.0. The summed E-state index contributed by atoms with van der Waals surface area (Å²) in [4.78, 5) is 25.2. The Morgan fingerprint density at radius 2 is 2.00 bits per heavy atom. The lowest BCUT2D eigenvalue weighted by Crippen LogP contribution is -2.31. The zero-order valence-corrected chi connectivity index (χ0v) is 18.3. The van der Waals surface area contributed by atoms with E-state index in [4.69, 9.17) is 9.15 Å². The van der Waals surface area contributed by atoms with Gasteiger partial charge < -0.3 is 19.8 Å². The minimum absolute atomic E-state index is 0.0371. The minimum Gasteiger partial charge on any atom is -0.468 e. The number of ether oxygens (including phenoxy) is 1. The number of furan rings is 1. The van der Waals surface area contributed by atoms with Crippen molar-refractivity contribution in [1.29, 1.82) is 5.26 Å². The van der Waals surface area contributed by atoms with Crippen molar-refractivity contribution in [2.24, 2.45) is 0 Å². The van der Waals surface area contributed by atoms with Gasteiger partial charge in [0.1, 0.15) is 5.76 Å². The predicted octanol–water partition coefficient (Wildman–Crippen LogP) is 4.30. The number of nitrogens with zero attached hydrogens (tertiary/aromatic N) is 1. The smallest absolute Gasteiger partial charge is 0.316 e. The molecule has 0 unspecified atom stereocenters. The lowest BCUT2D eigenvalue weighted by molar-refractivity contribution is -0.144. The first-order valence-corrected chi connectivity index (χ1v) is 10.7. The summed E-state index contributed by atoms with van der Waals surface area (Å²) in [5.74, 6) is -0.911. The van der Waals surface area contributed by atoms with Gasteiger partial charge in [-0.2, -0.15) is 5.26 Å². The molecule has 0 saturated heterocycles. The maximum absolute atomic E-state index is 13.2. The number of dihydropyridines is 1. The third-order valence-electron chi connectivity index (χ3n) is 4.45. The molecular formula is C23H23N3O4S. The van der Waals surface area contributed by atoms with Crippen LogP contribution in [0.25, 0.3) is 0 Å². The lowest BCUT2D eigenvalue weighted by Gasteiger charge is -2.28. The molecule has 8 heteroatoms. The van der Waals surface area contributed by atoms with E-state index in [0.717, 1.165) is 0 Å². The molecule has 0 spiro atoms. The van der Waals surface area contributed by atoms with Crippen LogP contribution in [0.4, 0.5) is 5.69 Å². The molecule has 0 fully saturated rings. The van der Waals surface area contributed by atoms with Gasteiger partial charge in [-0.25, -0.2) is 0 Å². The Morgan fingerprint density at radius 1 is 1.26 bits per heavy atom. The molecule has 1 atom stereocenters. The van der Waals surface area contributed by atoms with Gasteiger partial charge in [0.15, 0.2) is 0 Å². The SMILES string of the molecule is CC1=C(C(=O)Nc2ccccc2)[C@H](c2ccco2)C(C#N)=C(SCC(=O)OC(C)C)N1. The number of hydrogen-bond donors (Lipinski definition) is 2. The van der Waals surface area contributed by atoms with Crippen molar-refractivity contribution < 1.29 is 18.7 Å². The van der Waals surface area contributed by atoms with Crippen molar-refractivity contribution in [2.75, 3.05) is 11.1 Å². The van der Waals surface area contributed by atoms with Gasteiger partial charge in [-0.15, -0.1) is 0 Å². The van der Waals surface area contributed by atoms with Gasteiger partial charge in [0.25, 0.3) is 5.91 Å². The van der Waals surface area contributed by atoms with E-state index in [0.29, 0.717) is 33.3 Å². The van der Waals surface area contributed by atoms with E-state index < -0.39 is 5.92 Å². The number of esters is 1. The van der Waals surface area contributed by atoms with Crippen LogP contribution in [0.5, 0.6) is 0 Å². The summed E-state index contributed by atoms with van der Waals surface area (Å²) < 4.78 is 10.8. The fourth-order valence-corrected chi connectivity index (χ4v) is 4.09. The van der Waals surface area contributed by atoms with E-state index in [1.165, 1.54) is 18.0 Å². The Labute approximate surface area is 185 Å². The number of nitriles is 1. The number of anilines is 1. The summed E-state index contributed by atoms with van der Waals surface area (Å²) in [5, 5.41) is 16.4. The number of benzene rings is 1. The van der Waals surface area contributed by atoms with Crippen molar-refractivity contribution in [2.45, 2.75) is 32.8 Å². The average Bonchev–Trinajstić information content (AvgIpc) is 3.26. The Bertz CT molecular complexity index is 1050. The summed E-state index contributed by atoms with van der Waals surface area (Å²) in [5.41, 5.74) is 1.91. The Balaban J connectivity index is 1.93. The summed E-state index contributed by atoms with van der Waals surface area (Å²) >= 11 is 1.17. The summed E-state index contributed by atoms with van der Waals surface area (Å²) in [6, 6.07) is 14.7. The third kappa shape index (κ3) is 5.38. The first kappa shape index (κ1) is 22.2. The number of allylic oxidation sites excluding steroid dienone is 2. The molecule has 1 aromatic carbocycles. The number of para-hydroxylation sites is 1. The highest BCUT2D eigenvalue weighted by molar-refractivity contribution is 8.03. The van der Waals surface area contributed by atoms with Crippen LogP contribution in [0.2, 0.25) is 0 Å². The number of carbonyl (C=O) groups excluding carboxylic acids is 2. The fraction of sp³-hybridized carbons (Fsp3) is 0.261. The Kier molecular flexibility index (Phi) is 7.21. The summed E-state index contributed by atoms with van der Waals surface area (Å²) in [6.45, 7) is 5.31. The topological polar surface area (TPSA) is 104 Å². The molecule has 3 rings (SSSR count). The van der Waals surface area contributed by atoms with Crippen molar-refractivity contribution in [3.63, 3.8) is 0 Å². The van der Waals surface area contributed by atoms with Crippen LogP contribution in [0, 0.1) is 11.3 Å². The number of rotatable bonds is 7. The quantitative estimate of drug-likeness (QED) is 0.622. The van der Waals surface area contributed by atoms with Crippen LogP contribution in [-0.4, -0.2) is 23.7 Å². The largest absolute Gasteiger partial charge is 0.468 e. The van der Waals surface area contributed by atoms with E-state index in [-0.39, 0.29) is 23.7 Å². The standard InChI is InChI=1S/C23H23N3O4S/c1-14(2)30-19(27)13-31-23-17(12-24)21(18-10-7-11-29-18)20(15(3)25-23)22(28)26-16-8-5-4-6-9-16/h4-11,14,21,25H,13H2,1-3H3,(H,26,28)/t21-/m0/s1. The molecule has 31 heavy (non-hydrogen) atoms. The molecule has 2 N–H and O–H groups in total. The molecule has 0 saturated carbocycles. The number of nitrogens with one attached hydrogen (secondary N) is 2. The van der Waals surface area contributed by atoms with Crippen molar-refractivity contribution in [3.05, 3.63) is 76.4 Å². The first-order chi connectivity index (χ1) is 14.9. The monoisotopic (exact) mass is 437 g/mol. The third-order valence-corrected chi connectivity index (χ3v) is 5.44. The Morgan fingerprint density at radius 3 is 2.61 bits per heavy atom. The van der Waals surface area contributed by atoms with Crippen LogP contribution in [0.15, 0.2) is 75.0 Å². The van der Waals surface area contributed by atoms with Crippen LogP contribution in [-0.2, 0) is 14.3 Å². The fourth-order valence-electron chi connectivity index (χ4n) is 3.22. The van der Waals surface area contributed by atoms with Gasteiger partial charge in [0.2, 0.25) is 0 Å². The zero-order valence-electron chi connectivity index (χ0n) is 17.5. The zero-order chi connectivity index (χ0) is 22.4. The molecule has 0 aliphatic carbocycles. The molecule has 1 amide bonds. The Hall–Kier alpha value is -3.44. The van der Waals surface area contributed by atoms with Gasteiger partial charge >= 0.3 is 5.97 Å². The van der Waals surface area contributed by atoms with Gasteiger partial charge in [-0.3, -0.25) is 9.59 Å². The predicted molar refractivity (Wildman–Crippen MR) is 119 cm³/mol. The number of thioether (sulfide) groups is 1. The van der Waals surface area contributed by atoms with Crippen molar-refractivity contribution in [1.82, 2.24) is 5.32 Å². The van der Waals surface area contributed by atoms with Crippen LogP contribution in [0.1, 0.15) is 32.4 Å². The highest BCUT2D eigenvalue weighted by Gasteiger charge is 2.36. The van der Waals surface area contributed by atoms with Crippen LogP contribution < -0.4 is 10.6 Å². The number of amides is 1. The van der Waals surface area contributed by atoms with Gasteiger partial charge in [0.05, 0.1) is 46.3 Å². The molecule has 7 nitrogen and oxygen atoms in total. The normalized spacial score (nSPS) is 16.0. The van der Waals surface area contributed by atoms with E-state index >= 15 is 0 Å². The van der Waals surface area contributed by atoms with E-state index in [2.05, 4.69) is 16.7 Å². The molecule has 1 aromatic heterocycles. The molecule has 0 bridgehead atoms. The molecule has 160 valence electrons. The first-order valence-electron chi connectivity index (χ1n) is 9.74. The maximum atomic E-state index is 13.2. The van der Waals surface area contributed by atoms with Gasteiger partial charge in [-0.05, 0) is 45.0 Å². The molecule has 2 aromatic rings. The van der Waals surface area contributed by atoms with E-state index in [1.54, 1.807) is 45.0 Å². The minimum atomic E-state index is -0.700. The van der Waals surface area contributed by atoms with Gasteiger partial charge in [-0.1, -0.05) is 30.0 Å². The highest BCUT2D eigenvalue weighted by atomic mass is 32.2. The summed E-state index contributed by atoms with van der Waals surface area (Å²) in [6.07, 6.45) is 1.28. The van der Waals surface area contributed by atoms with E-state index in [1.807, 2.05) is 18.2 Å². The van der Waals surface area contributed by atoms with Crippen molar-refractivity contribution >= 4 is 29.3 Å². The number of carbonyl (C=O) groups is 2. The maximum Gasteiger partial charge on any atom is 0.316 e. The molecule has 1 aliphatic heterocycles. The lowest BCUT2D eigenvalue weighted by atomic mass is 9.85. The molecular weight excluding hydrogens is 414 g/mol.